The van der Waals surface area contributed by atoms with Crippen LogP contribution in [0.2, 0.25) is 0 Å². The largest absolute Gasteiger partial charge is 0.481 e. The highest BCUT2D eigenvalue weighted by molar-refractivity contribution is 8.14. The van der Waals surface area contributed by atoms with Crippen molar-refractivity contribution in [2.45, 2.75) is 122 Å². The third kappa shape index (κ3) is 20.4. The summed E-state index contributed by atoms with van der Waals surface area (Å²) in [4.78, 5) is 88.1. The minimum absolute atomic E-state index is 0.0313. The Hall–Kier alpha value is -2.96. The summed E-state index contributed by atoms with van der Waals surface area (Å²) >= 11 is 1.06. The van der Waals surface area contributed by atoms with Gasteiger partial charge in [-0.15, -0.1) is 0 Å². The van der Waals surface area contributed by atoms with Crippen LogP contribution in [0.25, 0.3) is 11.2 Å². The number of nitrogen functional groups attached to an aromatic ring is 1. The number of aromatic nitrogens is 4. The maximum absolute atomic E-state index is 12.7. The molecule has 0 bridgehead atoms. The molecule has 0 spiro atoms. The van der Waals surface area contributed by atoms with Crippen LogP contribution in [0.1, 0.15) is 97.6 Å². The molecule has 1 aliphatic heterocycles. The van der Waals surface area contributed by atoms with Gasteiger partial charge in [0.15, 0.2) is 17.7 Å². The van der Waals surface area contributed by atoms with Crippen molar-refractivity contribution >= 4 is 69.1 Å². The third-order valence-electron chi connectivity index (χ3n) is 9.63. The number of carbonyl (C=O) groups excluding carboxylic acids is 3. The number of aliphatic hydroxyl groups excluding tert-OH is 2. The molecule has 2 unspecified atom stereocenters. The van der Waals surface area contributed by atoms with Gasteiger partial charge in [-0.05, 0) is 44.6 Å². The van der Waals surface area contributed by atoms with Gasteiger partial charge in [-0.3, -0.25) is 32.5 Å². The van der Waals surface area contributed by atoms with Crippen molar-refractivity contribution in [3.8, 4) is 0 Å². The standard InChI is InChI=1S/C37H62N7O17P3S/c1-4-5-6-7-8-9-10-11-12-13-14-15-16-17-28(46)65-21-20-39-27(45)18-19-40-35(49)32(48)37(2,3)23-58-64(55,56)61-63(53,54)57-22-26-31(60-62(50,51)52)30(47)36(59-26)44-25-43-29-33(38)41-24-42-34(29)44/h9-10,16-17,24-26,30-32,36,47-48H,4-8,11-15,18-23H2,1-3H3,(H,39,45)(H,40,49)(H,53,54)(H,55,56)(H2,38,41,42)(H2,50,51,52)/b10-9-,17-16+/t26-,30+,31+,32-,36-/m0/s1. The lowest BCUT2D eigenvalue weighted by Crippen LogP contribution is -2.46. The molecular weight excluding hydrogens is 939 g/mol. The zero-order valence-corrected chi connectivity index (χ0v) is 40.0. The number of unbranched alkanes of at least 4 members (excludes halogenated alkanes) is 8. The minimum Gasteiger partial charge on any atom is -0.386 e. The number of carbonyl (C=O) groups is 3. The average molecular weight is 1000 g/mol. The van der Waals surface area contributed by atoms with E-state index in [2.05, 4.69) is 53.5 Å². The summed E-state index contributed by atoms with van der Waals surface area (Å²) < 4.78 is 62.4. The van der Waals surface area contributed by atoms with Gasteiger partial charge in [0.25, 0.3) is 0 Å². The normalized spacial score (nSPS) is 20.6. The number of hydrogen-bond donors (Lipinski definition) is 9. The number of thioether (sulfide) groups is 1. The van der Waals surface area contributed by atoms with E-state index >= 15 is 0 Å². The molecule has 65 heavy (non-hydrogen) atoms. The SMILES string of the molecule is CCCCCC/C=C\CCCCC/C=C/C(=O)SCCNC(=O)CCNC(=O)[C@H](O)C(C)(C)COP(=O)(O)OP(=O)(O)OC[C@@H]1O[C@H](n2cnc3c(N)ncnc32)[C@H](O)[C@@H]1OP(=O)(O)O. The Kier molecular flexibility index (Phi) is 23.5. The molecule has 2 amide bonds. The molecule has 0 aromatic carbocycles. The van der Waals surface area contributed by atoms with E-state index < -0.39 is 84.6 Å². The lowest BCUT2D eigenvalue weighted by atomic mass is 9.87. The minimum atomic E-state index is -5.58. The number of phosphoric ester groups is 3. The number of ether oxygens (including phenoxy) is 1. The number of allylic oxidation sites excluding steroid dienone is 3. The molecular formula is C37H62N7O17P3S. The fourth-order valence-electron chi connectivity index (χ4n) is 6.14. The molecule has 7 atom stereocenters. The van der Waals surface area contributed by atoms with Crippen LogP contribution in [0.3, 0.4) is 0 Å². The summed E-state index contributed by atoms with van der Waals surface area (Å²) in [6, 6.07) is 0. The summed E-state index contributed by atoms with van der Waals surface area (Å²) in [5.74, 6) is -1.11. The summed E-state index contributed by atoms with van der Waals surface area (Å²) in [5, 5.41) is 26.4. The average Bonchev–Trinajstić information content (AvgIpc) is 3.79. The number of amides is 2. The predicted octanol–water partition coefficient (Wildman–Crippen LogP) is 3.70. The van der Waals surface area contributed by atoms with Crippen LogP contribution < -0.4 is 16.4 Å². The molecule has 0 saturated carbocycles. The van der Waals surface area contributed by atoms with Gasteiger partial charge in [-0.1, -0.05) is 76.4 Å². The number of nitrogens with two attached hydrogens (primary N) is 1. The van der Waals surface area contributed by atoms with E-state index in [1.54, 1.807) is 0 Å². The van der Waals surface area contributed by atoms with Crippen molar-refractivity contribution < 1.29 is 80.5 Å². The number of hydrogen-bond acceptors (Lipinski definition) is 18. The number of nitrogens with one attached hydrogen (secondary N) is 2. The quantitative estimate of drug-likeness (QED) is 0.0225. The van der Waals surface area contributed by atoms with Gasteiger partial charge >= 0.3 is 23.5 Å². The zero-order chi connectivity index (χ0) is 48.3. The summed E-state index contributed by atoms with van der Waals surface area (Å²) in [6.45, 7) is 2.71. The van der Waals surface area contributed by atoms with Gasteiger partial charge in [0, 0.05) is 30.7 Å². The highest BCUT2D eigenvalue weighted by Crippen LogP contribution is 2.61. The Morgan fingerprint density at radius 1 is 0.938 bits per heavy atom. The van der Waals surface area contributed by atoms with E-state index in [9.17, 15) is 57.9 Å². The van der Waals surface area contributed by atoms with Gasteiger partial charge in [-0.2, -0.15) is 4.31 Å². The van der Waals surface area contributed by atoms with E-state index in [1.807, 2.05) is 6.08 Å². The highest BCUT2D eigenvalue weighted by Gasteiger charge is 2.50. The number of nitrogens with zero attached hydrogens (tertiary/aromatic N) is 4. The number of phosphoric acid groups is 3. The van der Waals surface area contributed by atoms with Gasteiger partial charge in [0.2, 0.25) is 16.9 Å². The van der Waals surface area contributed by atoms with Gasteiger partial charge in [0.05, 0.1) is 19.5 Å². The highest BCUT2D eigenvalue weighted by atomic mass is 32.2. The Balaban J connectivity index is 1.35. The number of imidazole rings is 1. The van der Waals surface area contributed by atoms with Gasteiger partial charge in [0.1, 0.15) is 36.3 Å². The molecule has 3 rings (SSSR count). The topological polar surface area (TPSA) is 364 Å². The molecule has 2 aromatic rings. The van der Waals surface area contributed by atoms with Crippen molar-refractivity contribution in [3.05, 3.63) is 37.0 Å². The zero-order valence-electron chi connectivity index (χ0n) is 36.5. The number of fused-ring (bicyclic) bond motifs is 1. The molecule has 10 N–H and O–H groups in total. The van der Waals surface area contributed by atoms with E-state index in [1.165, 1.54) is 45.6 Å². The second kappa shape index (κ2) is 27.1. The van der Waals surface area contributed by atoms with Crippen LogP contribution in [-0.2, 0) is 50.7 Å². The van der Waals surface area contributed by atoms with Crippen molar-refractivity contribution in [2.75, 3.05) is 37.8 Å². The van der Waals surface area contributed by atoms with E-state index in [0.717, 1.165) is 67.5 Å². The Morgan fingerprint density at radius 2 is 1.58 bits per heavy atom. The smallest absolute Gasteiger partial charge is 0.386 e. The molecule has 1 fully saturated rings. The second-order valence-corrected chi connectivity index (χ2v) is 20.9. The van der Waals surface area contributed by atoms with E-state index in [0.29, 0.717) is 5.75 Å². The number of aliphatic hydroxyl groups is 2. The lowest BCUT2D eigenvalue weighted by molar-refractivity contribution is -0.137. The first-order chi connectivity index (χ1) is 30.6. The fraction of sp³-hybridized carbons (Fsp3) is 0.676. The van der Waals surface area contributed by atoms with Crippen LogP contribution in [0.4, 0.5) is 5.82 Å². The number of anilines is 1. The first-order valence-corrected chi connectivity index (χ1v) is 26.4. The second-order valence-electron chi connectivity index (χ2n) is 15.6. The summed E-state index contributed by atoms with van der Waals surface area (Å²) in [7, 11) is -16.4. The van der Waals surface area contributed by atoms with Crippen molar-refractivity contribution in [1.82, 2.24) is 30.2 Å². The van der Waals surface area contributed by atoms with Crippen molar-refractivity contribution in [2.24, 2.45) is 5.41 Å². The van der Waals surface area contributed by atoms with Gasteiger partial charge in [-0.25, -0.2) is 28.6 Å². The lowest BCUT2D eigenvalue weighted by Gasteiger charge is -2.30. The molecule has 2 aromatic heterocycles. The summed E-state index contributed by atoms with van der Waals surface area (Å²) in [5.41, 5.74) is 4.27. The Bertz CT molecular complexity index is 2050. The fourth-order valence-corrected chi connectivity index (χ4v) is 9.56. The molecule has 1 saturated heterocycles. The van der Waals surface area contributed by atoms with E-state index in [4.69, 9.17) is 19.5 Å². The molecule has 28 heteroatoms. The van der Waals surface area contributed by atoms with E-state index in [-0.39, 0.29) is 41.6 Å². The first kappa shape index (κ1) is 56.4. The molecule has 3 heterocycles. The van der Waals surface area contributed by atoms with Crippen molar-refractivity contribution in [3.63, 3.8) is 0 Å². The third-order valence-corrected chi connectivity index (χ3v) is 13.6. The molecule has 24 nitrogen and oxygen atoms in total. The van der Waals surface area contributed by atoms with Crippen LogP contribution in [0.15, 0.2) is 37.0 Å². The van der Waals surface area contributed by atoms with Crippen LogP contribution in [-0.4, -0.2) is 123 Å². The molecule has 0 aliphatic carbocycles. The van der Waals surface area contributed by atoms with Crippen LogP contribution in [0, 0.1) is 5.41 Å². The Morgan fingerprint density at radius 3 is 2.25 bits per heavy atom. The molecule has 1 aliphatic rings. The number of rotatable bonds is 31. The maximum atomic E-state index is 12.7. The van der Waals surface area contributed by atoms with Crippen molar-refractivity contribution in [1.29, 1.82) is 0 Å². The first-order valence-electron chi connectivity index (χ1n) is 20.9. The maximum Gasteiger partial charge on any atom is 0.481 e. The summed E-state index contributed by atoms with van der Waals surface area (Å²) in [6.07, 6.45) is 12.3. The molecule has 368 valence electrons. The predicted molar refractivity (Wildman–Crippen MR) is 237 cm³/mol. The van der Waals surface area contributed by atoms with Crippen LogP contribution >= 0.6 is 35.2 Å². The Labute approximate surface area is 381 Å². The van der Waals surface area contributed by atoms with Crippen LogP contribution in [0.5, 0.6) is 0 Å². The monoisotopic (exact) mass is 1000 g/mol. The van der Waals surface area contributed by atoms with Gasteiger partial charge < -0.3 is 50.9 Å². The molecule has 0 radical (unpaired) electrons.